The van der Waals surface area contributed by atoms with Crippen LogP contribution in [0.25, 0.3) is 11.2 Å². The number of rotatable bonds is 2. The van der Waals surface area contributed by atoms with Crippen LogP contribution in [0.5, 0.6) is 0 Å². The molecule has 2 N–H and O–H groups in total. The largest absolute Gasteiger partial charge is 0.369 e. The van der Waals surface area contributed by atoms with E-state index in [1.54, 1.807) is 16.8 Å². The summed E-state index contributed by atoms with van der Waals surface area (Å²) in [6.07, 6.45) is 1.64. The van der Waals surface area contributed by atoms with Crippen molar-refractivity contribution in [3.63, 3.8) is 0 Å². The molecule has 2 aromatic heterocycles. The van der Waals surface area contributed by atoms with Crippen LogP contribution >= 0.6 is 15.9 Å². The van der Waals surface area contributed by atoms with Gasteiger partial charge in [-0.3, -0.25) is 4.57 Å². The Bertz CT molecular complexity index is 468. The van der Waals surface area contributed by atoms with Crippen LogP contribution in [0.4, 0.5) is 10.3 Å². The van der Waals surface area contributed by atoms with Crippen LogP contribution in [0, 0.1) is 0 Å². The molecule has 0 aliphatic heterocycles. The summed E-state index contributed by atoms with van der Waals surface area (Å²) >= 11 is 3.28. The summed E-state index contributed by atoms with van der Waals surface area (Å²) in [5, 5.41) is 0. The molecule has 2 heterocycles. The summed E-state index contributed by atoms with van der Waals surface area (Å²) in [5.74, 6) is 0.295. The van der Waals surface area contributed by atoms with Gasteiger partial charge in [-0.2, -0.15) is 0 Å². The lowest BCUT2D eigenvalue weighted by Gasteiger charge is -2.00. The fourth-order valence-electron chi connectivity index (χ4n) is 1.31. The number of nitrogens with two attached hydrogens (primary N) is 1. The van der Waals surface area contributed by atoms with Crippen molar-refractivity contribution >= 4 is 33.0 Å². The number of aromatic nitrogens is 3. The predicted octanol–water partition coefficient (Wildman–Crippen LogP) is 1.75. The van der Waals surface area contributed by atoms with E-state index in [0.29, 0.717) is 17.1 Å². The van der Waals surface area contributed by atoms with E-state index in [2.05, 4.69) is 25.9 Å². The van der Waals surface area contributed by atoms with Crippen molar-refractivity contribution in [3.05, 3.63) is 16.7 Å². The third-order valence-electron chi connectivity index (χ3n) is 1.89. The third-order valence-corrected chi connectivity index (χ3v) is 2.32. The van der Waals surface area contributed by atoms with E-state index in [0.717, 1.165) is 4.47 Å². The molecule has 2 rings (SSSR count). The predicted molar refractivity (Wildman–Crippen MR) is 55.6 cm³/mol. The van der Waals surface area contributed by atoms with Gasteiger partial charge in [-0.05, 0) is 22.0 Å². The number of hydrogen-bond donors (Lipinski definition) is 1. The first-order valence-electron chi connectivity index (χ1n) is 4.05. The van der Waals surface area contributed by atoms with E-state index >= 15 is 0 Å². The highest BCUT2D eigenvalue weighted by Crippen LogP contribution is 2.19. The zero-order valence-electron chi connectivity index (χ0n) is 7.24. The first-order chi connectivity index (χ1) is 6.72. The Labute approximate surface area is 88.1 Å². The summed E-state index contributed by atoms with van der Waals surface area (Å²) < 4.78 is 14.6. The molecule has 0 unspecified atom stereocenters. The number of halogens is 2. The van der Waals surface area contributed by atoms with Gasteiger partial charge < -0.3 is 5.73 Å². The Morgan fingerprint density at radius 1 is 1.57 bits per heavy atom. The zero-order chi connectivity index (χ0) is 10.1. The summed E-state index contributed by atoms with van der Waals surface area (Å²) in [6, 6.07) is 1.80. The number of alkyl halides is 1. The van der Waals surface area contributed by atoms with E-state index in [9.17, 15) is 4.39 Å². The first-order valence-corrected chi connectivity index (χ1v) is 4.85. The SMILES string of the molecule is Nc1nc2cc(Br)cnc2n1CCF. The van der Waals surface area contributed by atoms with Gasteiger partial charge in [0, 0.05) is 10.7 Å². The molecular weight excluding hydrogens is 251 g/mol. The van der Waals surface area contributed by atoms with E-state index in [-0.39, 0.29) is 6.54 Å². The lowest BCUT2D eigenvalue weighted by Crippen LogP contribution is -2.05. The maximum Gasteiger partial charge on any atom is 0.202 e. The number of fused-ring (bicyclic) bond motifs is 1. The molecule has 0 fully saturated rings. The van der Waals surface area contributed by atoms with Crippen molar-refractivity contribution in [1.82, 2.24) is 14.5 Å². The molecule has 0 spiro atoms. The van der Waals surface area contributed by atoms with Gasteiger partial charge in [-0.25, -0.2) is 14.4 Å². The van der Waals surface area contributed by atoms with Crippen LogP contribution in [0.2, 0.25) is 0 Å². The van der Waals surface area contributed by atoms with Gasteiger partial charge in [0.1, 0.15) is 12.2 Å². The molecule has 14 heavy (non-hydrogen) atoms. The maximum absolute atomic E-state index is 12.2. The molecule has 74 valence electrons. The highest BCUT2D eigenvalue weighted by molar-refractivity contribution is 9.10. The lowest BCUT2D eigenvalue weighted by atomic mass is 10.4. The quantitative estimate of drug-likeness (QED) is 0.893. The van der Waals surface area contributed by atoms with Crippen molar-refractivity contribution in [3.8, 4) is 0 Å². The maximum atomic E-state index is 12.2. The minimum Gasteiger partial charge on any atom is -0.369 e. The molecule has 2 aromatic rings. The van der Waals surface area contributed by atoms with Gasteiger partial charge >= 0.3 is 0 Å². The molecular formula is C8H8BrFN4. The Hall–Kier alpha value is -1.17. The van der Waals surface area contributed by atoms with Gasteiger partial charge in [0.05, 0.1) is 6.54 Å². The van der Waals surface area contributed by atoms with Crippen LogP contribution in [0.1, 0.15) is 0 Å². The number of hydrogen-bond acceptors (Lipinski definition) is 3. The Balaban J connectivity index is 2.64. The number of pyridine rings is 1. The Kier molecular flexibility index (Phi) is 2.37. The topological polar surface area (TPSA) is 56.7 Å². The monoisotopic (exact) mass is 258 g/mol. The average molecular weight is 259 g/mol. The summed E-state index contributed by atoms with van der Waals surface area (Å²) in [4.78, 5) is 8.20. The van der Waals surface area contributed by atoms with Gasteiger partial charge in [-0.15, -0.1) is 0 Å². The molecule has 0 saturated heterocycles. The molecule has 4 nitrogen and oxygen atoms in total. The molecule has 6 heteroatoms. The molecule has 0 aromatic carbocycles. The minimum absolute atomic E-state index is 0.191. The van der Waals surface area contributed by atoms with Crippen molar-refractivity contribution < 1.29 is 4.39 Å². The second-order valence-corrected chi connectivity index (χ2v) is 3.72. The lowest BCUT2D eigenvalue weighted by molar-refractivity contribution is 0.451. The third kappa shape index (κ3) is 1.45. The standard InChI is InChI=1S/C8H8BrFN4/c9-5-3-6-7(12-4-5)14(2-1-10)8(11)13-6/h3-4H,1-2H2,(H2,11,13). The smallest absolute Gasteiger partial charge is 0.202 e. The highest BCUT2D eigenvalue weighted by Gasteiger charge is 2.08. The molecule has 0 atom stereocenters. The molecule has 0 bridgehead atoms. The molecule has 0 radical (unpaired) electrons. The minimum atomic E-state index is -0.479. The van der Waals surface area contributed by atoms with Crippen LogP contribution in [-0.2, 0) is 6.54 Å². The number of anilines is 1. The van der Waals surface area contributed by atoms with Crippen LogP contribution in [0.3, 0.4) is 0 Å². The molecule has 0 amide bonds. The Morgan fingerprint density at radius 3 is 3.07 bits per heavy atom. The van der Waals surface area contributed by atoms with Crippen molar-refractivity contribution in [2.24, 2.45) is 0 Å². The van der Waals surface area contributed by atoms with Crippen LogP contribution in [-0.4, -0.2) is 21.2 Å². The Morgan fingerprint density at radius 2 is 2.36 bits per heavy atom. The van der Waals surface area contributed by atoms with Crippen molar-refractivity contribution in [1.29, 1.82) is 0 Å². The molecule has 0 saturated carbocycles. The van der Waals surface area contributed by atoms with E-state index in [1.807, 2.05) is 0 Å². The summed E-state index contributed by atoms with van der Waals surface area (Å²) in [6.45, 7) is -0.287. The average Bonchev–Trinajstić information content (AvgIpc) is 2.43. The first kappa shape index (κ1) is 9.39. The van der Waals surface area contributed by atoms with Gasteiger partial charge in [-0.1, -0.05) is 0 Å². The van der Waals surface area contributed by atoms with Gasteiger partial charge in [0.25, 0.3) is 0 Å². The van der Waals surface area contributed by atoms with Crippen LogP contribution in [0.15, 0.2) is 16.7 Å². The van der Waals surface area contributed by atoms with Crippen molar-refractivity contribution in [2.75, 3.05) is 12.4 Å². The zero-order valence-corrected chi connectivity index (χ0v) is 8.83. The fourth-order valence-corrected chi connectivity index (χ4v) is 1.63. The number of nitrogens with zero attached hydrogens (tertiary/aromatic N) is 3. The van der Waals surface area contributed by atoms with Crippen LogP contribution < -0.4 is 5.73 Å². The highest BCUT2D eigenvalue weighted by atomic mass is 79.9. The number of nitrogen functional groups attached to an aromatic ring is 1. The normalized spacial score (nSPS) is 11.0. The van der Waals surface area contributed by atoms with E-state index in [4.69, 9.17) is 5.73 Å². The number of aryl methyl sites for hydroxylation is 1. The van der Waals surface area contributed by atoms with Gasteiger partial charge in [0.2, 0.25) is 5.95 Å². The second-order valence-electron chi connectivity index (χ2n) is 2.81. The fraction of sp³-hybridized carbons (Fsp3) is 0.250. The van der Waals surface area contributed by atoms with Gasteiger partial charge in [0.15, 0.2) is 5.65 Å². The van der Waals surface area contributed by atoms with E-state index in [1.165, 1.54) is 0 Å². The molecule has 0 aliphatic rings. The number of imidazole rings is 1. The van der Waals surface area contributed by atoms with Crippen molar-refractivity contribution in [2.45, 2.75) is 6.54 Å². The second kappa shape index (κ2) is 3.53. The molecule has 0 aliphatic carbocycles. The summed E-state index contributed by atoms with van der Waals surface area (Å²) in [7, 11) is 0. The summed E-state index contributed by atoms with van der Waals surface area (Å²) in [5.41, 5.74) is 6.91. The van der Waals surface area contributed by atoms with E-state index < -0.39 is 6.67 Å².